The standard InChI is InChI=1S/C12H21N3O/c1-4-6-14(7-5-2)11-8-10(3)15(16)12(13)9-11/h8-9,13,16H,4-7H2,1-3H3. The van der Waals surface area contributed by atoms with Crippen LogP contribution < -0.4 is 10.4 Å². The molecule has 0 saturated carbocycles. The number of nitrogens with zero attached hydrogens (tertiary/aromatic N) is 2. The maximum atomic E-state index is 9.48. The SMILES string of the molecule is CCCN(CCC)c1cc(C)n(O)c(=N)c1. The summed E-state index contributed by atoms with van der Waals surface area (Å²) in [5, 5.41) is 17.1. The lowest BCUT2D eigenvalue weighted by Crippen LogP contribution is -2.28. The maximum Gasteiger partial charge on any atom is 0.162 e. The second-order valence-corrected chi connectivity index (χ2v) is 4.04. The van der Waals surface area contributed by atoms with E-state index in [2.05, 4.69) is 18.7 Å². The summed E-state index contributed by atoms with van der Waals surface area (Å²) in [6.45, 7) is 8.07. The molecule has 0 bridgehead atoms. The summed E-state index contributed by atoms with van der Waals surface area (Å²) < 4.78 is 0.902. The van der Waals surface area contributed by atoms with Crippen molar-refractivity contribution in [2.24, 2.45) is 0 Å². The van der Waals surface area contributed by atoms with Crippen molar-refractivity contribution in [1.29, 1.82) is 5.41 Å². The first-order valence-electron chi connectivity index (χ1n) is 5.82. The molecule has 4 heteroatoms. The van der Waals surface area contributed by atoms with Gasteiger partial charge in [-0.25, -0.2) is 0 Å². The van der Waals surface area contributed by atoms with Crippen LogP contribution in [0.2, 0.25) is 0 Å². The summed E-state index contributed by atoms with van der Waals surface area (Å²) in [6.07, 6.45) is 2.17. The van der Waals surface area contributed by atoms with Crippen LogP contribution >= 0.6 is 0 Å². The summed E-state index contributed by atoms with van der Waals surface area (Å²) in [6, 6.07) is 3.63. The average Bonchev–Trinajstić information content (AvgIpc) is 2.25. The minimum absolute atomic E-state index is 0.132. The van der Waals surface area contributed by atoms with Gasteiger partial charge in [-0.3, -0.25) is 5.41 Å². The van der Waals surface area contributed by atoms with Gasteiger partial charge in [-0.1, -0.05) is 13.8 Å². The first-order valence-corrected chi connectivity index (χ1v) is 5.82. The number of anilines is 1. The van der Waals surface area contributed by atoms with E-state index in [1.807, 2.05) is 6.07 Å². The van der Waals surface area contributed by atoms with Crippen molar-refractivity contribution >= 4 is 5.69 Å². The van der Waals surface area contributed by atoms with Gasteiger partial charge in [0.2, 0.25) is 0 Å². The molecule has 0 amide bonds. The molecule has 1 heterocycles. The zero-order valence-electron chi connectivity index (χ0n) is 10.3. The van der Waals surface area contributed by atoms with Gasteiger partial charge >= 0.3 is 0 Å². The molecule has 0 unspecified atom stereocenters. The average molecular weight is 223 g/mol. The van der Waals surface area contributed by atoms with Crippen LogP contribution in [0.4, 0.5) is 5.69 Å². The van der Waals surface area contributed by atoms with Crippen LogP contribution in [0.3, 0.4) is 0 Å². The molecule has 0 aromatic carbocycles. The van der Waals surface area contributed by atoms with Gasteiger partial charge in [-0.15, -0.1) is 0 Å². The van der Waals surface area contributed by atoms with Crippen molar-refractivity contribution in [3.63, 3.8) is 0 Å². The van der Waals surface area contributed by atoms with Gasteiger partial charge in [0, 0.05) is 24.8 Å². The van der Waals surface area contributed by atoms with Crippen molar-refractivity contribution in [2.75, 3.05) is 18.0 Å². The number of hydrogen-bond acceptors (Lipinski definition) is 3. The molecule has 1 aromatic rings. The molecule has 0 atom stereocenters. The Balaban J connectivity index is 3.05. The summed E-state index contributed by atoms with van der Waals surface area (Å²) in [4.78, 5) is 2.26. The lowest BCUT2D eigenvalue weighted by molar-refractivity contribution is 0.164. The highest BCUT2D eigenvalue weighted by Crippen LogP contribution is 2.14. The van der Waals surface area contributed by atoms with E-state index in [0.29, 0.717) is 5.69 Å². The third kappa shape index (κ3) is 2.78. The molecule has 0 aliphatic rings. The molecular weight excluding hydrogens is 202 g/mol. The second kappa shape index (κ2) is 5.58. The van der Waals surface area contributed by atoms with Crippen LogP contribution in [0, 0.1) is 12.3 Å². The topological polar surface area (TPSA) is 52.2 Å². The van der Waals surface area contributed by atoms with Crippen LogP contribution in [0.25, 0.3) is 0 Å². The van der Waals surface area contributed by atoms with Crippen molar-refractivity contribution in [1.82, 2.24) is 4.73 Å². The largest absolute Gasteiger partial charge is 0.427 e. The zero-order valence-corrected chi connectivity index (χ0v) is 10.3. The monoisotopic (exact) mass is 223 g/mol. The molecule has 0 saturated heterocycles. The Labute approximate surface area is 96.6 Å². The minimum Gasteiger partial charge on any atom is -0.427 e. The second-order valence-electron chi connectivity index (χ2n) is 4.04. The predicted octanol–water partition coefficient (Wildman–Crippen LogP) is 2.14. The van der Waals surface area contributed by atoms with Crippen molar-refractivity contribution in [3.8, 4) is 0 Å². The first kappa shape index (κ1) is 12.6. The molecule has 0 fully saturated rings. The number of aryl methyl sites for hydroxylation is 1. The van der Waals surface area contributed by atoms with E-state index < -0.39 is 0 Å². The fourth-order valence-corrected chi connectivity index (χ4v) is 1.80. The lowest BCUT2D eigenvalue weighted by atomic mass is 10.2. The normalized spacial score (nSPS) is 10.4. The Morgan fingerprint density at radius 2 is 1.81 bits per heavy atom. The van der Waals surface area contributed by atoms with Gasteiger partial charge in [-0.05, 0) is 25.8 Å². The summed E-state index contributed by atoms with van der Waals surface area (Å²) in [5.74, 6) is 0. The Bertz CT molecular complexity index is 392. The predicted molar refractivity (Wildman–Crippen MR) is 65.0 cm³/mol. The van der Waals surface area contributed by atoms with E-state index in [1.165, 1.54) is 0 Å². The number of pyridine rings is 1. The maximum absolute atomic E-state index is 9.48. The number of hydrogen-bond donors (Lipinski definition) is 2. The van der Waals surface area contributed by atoms with Gasteiger partial charge in [0.15, 0.2) is 5.49 Å². The van der Waals surface area contributed by atoms with E-state index in [0.717, 1.165) is 36.3 Å². The quantitative estimate of drug-likeness (QED) is 0.751. The van der Waals surface area contributed by atoms with Crippen molar-refractivity contribution in [3.05, 3.63) is 23.3 Å². The summed E-state index contributed by atoms with van der Waals surface area (Å²) >= 11 is 0. The smallest absolute Gasteiger partial charge is 0.162 e. The first-order chi connectivity index (χ1) is 7.60. The van der Waals surface area contributed by atoms with Gasteiger partial charge in [0.1, 0.15) is 0 Å². The highest BCUT2D eigenvalue weighted by molar-refractivity contribution is 5.46. The third-order valence-electron chi connectivity index (χ3n) is 2.56. The van der Waals surface area contributed by atoms with Crippen molar-refractivity contribution < 1.29 is 5.21 Å². The molecular formula is C12H21N3O. The van der Waals surface area contributed by atoms with Crippen LogP contribution in [-0.2, 0) is 0 Å². The fourth-order valence-electron chi connectivity index (χ4n) is 1.80. The minimum atomic E-state index is 0.132. The Kier molecular flexibility index (Phi) is 4.40. The van der Waals surface area contributed by atoms with E-state index in [-0.39, 0.29) is 5.49 Å². The van der Waals surface area contributed by atoms with Crippen LogP contribution in [-0.4, -0.2) is 23.0 Å². The molecule has 2 N–H and O–H groups in total. The highest BCUT2D eigenvalue weighted by Gasteiger charge is 2.07. The molecule has 1 aromatic heterocycles. The van der Waals surface area contributed by atoms with E-state index in [1.54, 1.807) is 13.0 Å². The molecule has 0 spiro atoms. The summed E-state index contributed by atoms with van der Waals surface area (Å²) in [7, 11) is 0. The van der Waals surface area contributed by atoms with Gasteiger partial charge < -0.3 is 10.1 Å². The Hall–Kier alpha value is -1.45. The number of rotatable bonds is 5. The number of nitrogens with one attached hydrogen (secondary N) is 1. The molecule has 16 heavy (non-hydrogen) atoms. The van der Waals surface area contributed by atoms with Gasteiger partial charge in [0.05, 0.1) is 5.69 Å². The molecule has 0 aliphatic heterocycles. The van der Waals surface area contributed by atoms with Crippen LogP contribution in [0.15, 0.2) is 12.1 Å². The van der Waals surface area contributed by atoms with Crippen LogP contribution in [0.5, 0.6) is 0 Å². The van der Waals surface area contributed by atoms with E-state index in [4.69, 9.17) is 5.41 Å². The fraction of sp³-hybridized carbons (Fsp3) is 0.583. The van der Waals surface area contributed by atoms with Crippen LogP contribution in [0.1, 0.15) is 32.4 Å². The van der Waals surface area contributed by atoms with Gasteiger partial charge in [-0.2, -0.15) is 4.73 Å². The molecule has 4 nitrogen and oxygen atoms in total. The number of aromatic nitrogens is 1. The third-order valence-corrected chi connectivity index (χ3v) is 2.56. The Morgan fingerprint density at radius 1 is 1.25 bits per heavy atom. The highest BCUT2D eigenvalue weighted by atomic mass is 16.5. The molecule has 1 rings (SSSR count). The summed E-state index contributed by atoms with van der Waals surface area (Å²) in [5.41, 5.74) is 1.85. The van der Waals surface area contributed by atoms with E-state index in [9.17, 15) is 5.21 Å². The lowest BCUT2D eigenvalue weighted by Gasteiger charge is -2.24. The van der Waals surface area contributed by atoms with Crippen molar-refractivity contribution in [2.45, 2.75) is 33.6 Å². The molecule has 90 valence electrons. The zero-order chi connectivity index (χ0) is 12.1. The van der Waals surface area contributed by atoms with Gasteiger partial charge in [0.25, 0.3) is 0 Å². The molecule has 0 radical (unpaired) electrons. The van der Waals surface area contributed by atoms with E-state index >= 15 is 0 Å². The Morgan fingerprint density at radius 3 is 2.25 bits per heavy atom. The molecule has 0 aliphatic carbocycles.